The van der Waals surface area contributed by atoms with E-state index in [2.05, 4.69) is 58.7 Å². The summed E-state index contributed by atoms with van der Waals surface area (Å²) in [6.45, 7) is 10.1. The third-order valence-corrected chi connectivity index (χ3v) is 5.84. The summed E-state index contributed by atoms with van der Waals surface area (Å²) < 4.78 is 2.11. The average molecular weight is 397 g/mol. The standard InChI is InChI=1S/C22H28N4OS/c1-4-25(5-2)14-15-26-20-9-7-6-8-19(20)23-22(26)24-21(27)16-28-18-12-10-17(3)11-13-18/h6-13H,4-5,14-16H2,1-3H3,(H,23,24,27). The lowest BCUT2D eigenvalue weighted by molar-refractivity contribution is -0.113. The van der Waals surface area contributed by atoms with Crippen molar-refractivity contribution in [2.45, 2.75) is 32.2 Å². The number of likely N-dealkylation sites (N-methyl/N-ethyl adjacent to an activating group) is 1. The highest BCUT2D eigenvalue weighted by atomic mass is 32.2. The van der Waals surface area contributed by atoms with Crippen LogP contribution in [-0.4, -0.2) is 45.7 Å². The van der Waals surface area contributed by atoms with Crippen molar-refractivity contribution in [3.63, 3.8) is 0 Å². The number of nitrogens with one attached hydrogen (secondary N) is 1. The molecule has 3 aromatic rings. The number of nitrogens with zero attached hydrogens (tertiary/aromatic N) is 3. The van der Waals surface area contributed by atoms with Crippen LogP contribution in [0.3, 0.4) is 0 Å². The Bertz CT molecular complexity index is 916. The second-order valence-electron chi connectivity index (χ2n) is 6.75. The van der Waals surface area contributed by atoms with E-state index in [0.29, 0.717) is 11.7 Å². The van der Waals surface area contributed by atoms with Crippen LogP contribution in [0.5, 0.6) is 0 Å². The Morgan fingerprint density at radius 3 is 2.54 bits per heavy atom. The number of fused-ring (bicyclic) bond motifs is 1. The molecule has 28 heavy (non-hydrogen) atoms. The SMILES string of the molecule is CCN(CC)CCn1c(NC(=O)CSc2ccc(C)cc2)nc2ccccc21. The van der Waals surface area contributed by atoms with Gasteiger partial charge in [0, 0.05) is 18.0 Å². The van der Waals surface area contributed by atoms with Crippen LogP contribution >= 0.6 is 11.8 Å². The predicted molar refractivity (Wildman–Crippen MR) is 118 cm³/mol. The monoisotopic (exact) mass is 396 g/mol. The molecule has 0 aliphatic heterocycles. The molecule has 3 rings (SSSR count). The maximum atomic E-state index is 12.5. The first-order valence-corrected chi connectivity index (χ1v) is 10.8. The van der Waals surface area contributed by atoms with E-state index in [-0.39, 0.29) is 5.91 Å². The Morgan fingerprint density at radius 1 is 1.11 bits per heavy atom. The molecule has 148 valence electrons. The fraction of sp³-hybridized carbons (Fsp3) is 0.364. The second-order valence-corrected chi connectivity index (χ2v) is 7.80. The molecule has 0 aliphatic rings. The molecule has 2 aromatic carbocycles. The molecule has 0 spiro atoms. The van der Waals surface area contributed by atoms with Crippen molar-refractivity contribution in [2.75, 3.05) is 30.7 Å². The molecule has 0 saturated carbocycles. The molecule has 5 nitrogen and oxygen atoms in total. The Morgan fingerprint density at radius 2 is 1.82 bits per heavy atom. The van der Waals surface area contributed by atoms with Gasteiger partial charge in [0.05, 0.1) is 16.8 Å². The largest absolute Gasteiger partial charge is 0.309 e. The zero-order chi connectivity index (χ0) is 19.9. The van der Waals surface area contributed by atoms with E-state index in [1.165, 1.54) is 17.3 Å². The number of thioether (sulfide) groups is 1. The van der Waals surface area contributed by atoms with Gasteiger partial charge in [-0.05, 0) is 44.3 Å². The highest BCUT2D eigenvalue weighted by Gasteiger charge is 2.14. The van der Waals surface area contributed by atoms with Crippen molar-refractivity contribution in [3.8, 4) is 0 Å². The van der Waals surface area contributed by atoms with Crippen LogP contribution in [0.4, 0.5) is 5.95 Å². The fourth-order valence-corrected chi connectivity index (χ4v) is 3.82. The first-order valence-electron chi connectivity index (χ1n) is 9.77. The number of carbonyl (C=O) groups excluding carboxylic acids is 1. The fourth-order valence-electron chi connectivity index (χ4n) is 3.12. The van der Waals surface area contributed by atoms with E-state index in [9.17, 15) is 4.79 Å². The van der Waals surface area contributed by atoms with Gasteiger partial charge in [-0.3, -0.25) is 10.1 Å². The lowest BCUT2D eigenvalue weighted by Crippen LogP contribution is -2.28. The van der Waals surface area contributed by atoms with Crippen LogP contribution in [0, 0.1) is 6.92 Å². The molecule has 0 radical (unpaired) electrons. The summed E-state index contributed by atoms with van der Waals surface area (Å²) in [6, 6.07) is 16.2. The van der Waals surface area contributed by atoms with Gasteiger partial charge in [-0.1, -0.05) is 43.7 Å². The van der Waals surface area contributed by atoms with Crippen molar-refractivity contribution in [2.24, 2.45) is 0 Å². The van der Waals surface area contributed by atoms with Crippen molar-refractivity contribution in [1.82, 2.24) is 14.5 Å². The molecular weight excluding hydrogens is 368 g/mol. The minimum Gasteiger partial charge on any atom is -0.309 e. The number of para-hydroxylation sites is 2. The number of amides is 1. The second kappa shape index (κ2) is 9.75. The maximum Gasteiger partial charge on any atom is 0.237 e. The highest BCUT2D eigenvalue weighted by molar-refractivity contribution is 8.00. The van der Waals surface area contributed by atoms with Gasteiger partial charge in [-0.2, -0.15) is 0 Å². The third kappa shape index (κ3) is 5.14. The van der Waals surface area contributed by atoms with Crippen LogP contribution in [0.1, 0.15) is 19.4 Å². The molecule has 0 unspecified atom stereocenters. The number of anilines is 1. The summed E-state index contributed by atoms with van der Waals surface area (Å²) in [5, 5.41) is 3.01. The molecule has 0 fully saturated rings. The molecule has 1 amide bonds. The molecule has 1 aromatic heterocycles. The molecule has 0 saturated heterocycles. The first kappa shape index (κ1) is 20.4. The number of aromatic nitrogens is 2. The summed E-state index contributed by atoms with van der Waals surface area (Å²) in [5.74, 6) is 0.954. The van der Waals surface area contributed by atoms with Crippen molar-refractivity contribution < 1.29 is 4.79 Å². The highest BCUT2D eigenvalue weighted by Crippen LogP contribution is 2.21. The van der Waals surface area contributed by atoms with E-state index >= 15 is 0 Å². The number of hydrogen-bond donors (Lipinski definition) is 1. The third-order valence-electron chi connectivity index (χ3n) is 4.83. The molecule has 1 heterocycles. The lowest BCUT2D eigenvalue weighted by Gasteiger charge is -2.19. The zero-order valence-electron chi connectivity index (χ0n) is 16.8. The van der Waals surface area contributed by atoms with Crippen LogP contribution < -0.4 is 5.32 Å². The van der Waals surface area contributed by atoms with Crippen molar-refractivity contribution in [3.05, 3.63) is 54.1 Å². The predicted octanol–water partition coefficient (Wildman–Crippen LogP) is 4.42. The number of imidazole rings is 1. The molecule has 6 heteroatoms. The van der Waals surface area contributed by atoms with E-state index in [0.717, 1.165) is 42.1 Å². The lowest BCUT2D eigenvalue weighted by atomic mass is 10.2. The van der Waals surface area contributed by atoms with Crippen LogP contribution in [0.15, 0.2) is 53.4 Å². The summed E-state index contributed by atoms with van der Waals surface area (Å²) in [4.78, 5) is 20.7. The van der Waals surface area contributed by atoms with E-state index < -0.39 is 0 Å². The van der Waals surface area contributed by atoms with E-state index in [1.807, 2.05) is 30.3 Å². The van der Waals surface area contributed by atoms with E-state index in [1.54, 1.807) is 0 Å². The van der Waals surface area contributed by atoms with Gasteiger partial charge < -0.3 is 9.47 Å². The summed E-state index contributed by atoms with van der Waals surface area (Å²) in [7, 11) is 0. The van der Waals surface area contributed by atoms with Crippen LogP contribution in [0.25, 0.3) is 11.0 Å². The summed E-state index contributed by atoms with van der Waals surface area (Å²) in [6.07, 6.45) is 0. The molecule has 1 N–H and O–H groups in total. The number of benzene rings is 2. The molecule has 0 bridgehead atoms. The number of aryl methyl sites for hydroxylation is 1. The number of carbonyl (C=O) groups is 1. The smallest absolute Gasteiger partial charge is 0.237 e. The Labute approximate surface area is 171 Å². The Balaban J connectivity index is 1.71. The maximum absolute atomic E-state index is 12.5. The van der Waals surface area contributed by atoms with Crippen LogP contribution in [-0.2, 0) is 11.3 Å². The normalized spacial score (nSPS) is 11.3. The molecular formula is C22H28N4OS. The minimum absolute atomic E-state index is 0.0371. The van der Waals surface area contributed by atoms with Gasteiger partial charge in [0.25, 0.3) is 0 Å². The Kier molecular flexibility index (Phi) is 7.12. The summed E-state index contributed by atoms with van der Waals surface area (Å²) in [5.41, 5.74) is 3.18. The van der Waals surface area contributed by atoms with Gasteiger partial charge >= 0.3 is 0 Å². The van der Waals surface area contributed by atoms with Crippen molar-refractivity contribution >= 4 is 34.7 Å². The number of hydrogen-bond acceptors (Lipinski definition) is 4. The first-order chi connectivity index (χ1) is 13.6. The Hall–Kier alpha value is -2.31. The van der Waals surface area contributed by atoms with Gasteiger partial charge in [-0.15, -0.1) is 11.8 Å². The van der Waals surface area contributed by atoms with Crippen LogP contribution in [0.2, 0.25) is 0 Å². The van der Waals surface area contributed by atoms with Gasteiger partial charge in [0.2, 0.25) is 11.9 Å². The zero-order valence-corrected chi connectivity index (χ0v) is 17.6. The molecule has 0 aliphatic carbocycles. The van der Waals surface area contributed by atoms with Gasteiger partial charge in [0.1, 0.15) is 0 Å². The average Bonchev–Trinajstić information content (AvgIpc) is 3.05. The number of rotatable bonds is 9. The minimum atomic E-state index is -0.0371. The van der Waals surface area contributed by atoms with Gasteiger partial charge in [-0.25, -0.2) is 4.98 Å². The quantitative estimate of drug-likeness (QED) is 0.544. The van der Waals surface area contributed by atoms with Crippen molar-refractivity contribution in [1.29, 1.82) is 0 Å². The van der Waals surface area contributed by atoms with Gasteiger partial charge in [0.15, 0.2) is 0 Å². The molecule has 0 atom stereocenters. The van der Waals surface area contributed by atoms with E-state index in [4.69, 9.17) is 0 Å². The topological polar surface area (TPSA) is 50.2 Å². The summed E-state index contributed by atoms with van der Waals surface area (Å²) >= 11 is 1.54.